The number of pyridine rings is 1. The van der Waals surface area contributed by atoms with Crippen LogP contribution in [0.5, 0.6) is 17.2 Å². The summed E-state index contributed by atoms with van der Waals surface area (Å²) in [6.07, 6.45) is -3.01. The van der Waals surface area contributed by atoms with Gasteiger partial charge in [0.25, 0.3) is 5.91 Å². The minimum absolute atomic E-state index is 0.0468. The molecule has 12 heteroatoms. The molecule has 4 aromatic rings. The van der Waals surface area contributed by atoms with Crippen LogP contribution in [0.15, 0.2) is 48.7 Å². The molecule has 0 aliphatic carbocycles. The van der Waals surface area contributed by atoms with E-state index in [-0.39, 0.29) is 29.2 Å². The first-order valence-electron chi connectivity index (χ1n) is 14.9. The summed E-state index contributed by atoms with van der Waals surface area (Å²) in [5, 5.41) is 3.86. The number of anilines is 2. The predicted octanol–water partition coefficient (Wildman–Crippen LogP) is 5.57. The molecule has 3 N–H and O–H groups in total. The molecule has 47 heavy (non-hydrogen) atoms. The van der Waals surface area contributed by atoms with Crippen molar-refractivity contribution in [1.82, 2.24) is 14.8 Å². The van der Waals surface area contributed by atoms with Crippen LogP contribution in [-0.2, 0) is 12.7 Å². The summed E-state index contributed by atoms with van der Waals surface area (Å²) in [6.45, 7) is 4.98. The Hall–Kier alpha value is -4.99. The third-order valence-corrected chi connectivity index (χ3v) is 8.21. The van der Waals surface area contributed by atoms with Crippen molar-refractivity contribution in [1.29, 1.82) is 0 Å². The van der Waals surface area contributed by atoms with Crippen molar-refractivity contribution in [3.05, 3.63) is 82.0 Å². The number of rotatable bonds is 7. The summed E-state index contributed by atoms with van der Waals surface area (Å²) in [7, 11) is 6.51. The molecule has 1 fully saturated rings. The van der Waals surface area contributed by atoms with Gasteiger partial charge in [0, 0.05) is 66.5 Å². The fraction of sp³-hybridized carbons (Fsp3) is 0.314. The molecule has 0 spiro atoms. The summed E-state index contributed by atoms with van der Waals surface area (Å²) >= 11 is 0. The highest BCUT2D eigenvalue weighted by Crippen LogP contribution is 2.44. The van der Waals surface area contributed by atoms with Gasteiger partial charge in [0.1, 0.15) is 5.82 Å². The monoisotopic (exact) mass is 647 g/mol. The Balaban J connectivity index is 1.43. The number of fused-ring (bicyclic) bond motifs is 1. The number of hydrogen-bond acceptors (Lipinski definition) is 8. The average molecular weight is 648 g/mol. The number of nitrogens with two attached hydrogens (primary N) is 1. The number of likely N-dealkylation sites (N-methyl/N-ethyl adjacent to an activating group) is 1. The number of aryl methyl sites for hydroxylation is 1. The van der Waals surface area contributed by atoms with Gasteiger partial charge in [-0.25, -0.2) is 4.98 Å². The maximum Gasteiger partial charge on any atom is 0.416 e. The Bertz CT molecular complexity index is 1880. The number of aromatic nitrogens is 1. The molecule has 3 aromatic carbocycles. The third-order valence-electron chi connectivity index (χ3n) is 8.21. The number of piperazine rings is 1. The van der Waals surface area contributed by atoms with E-state index in [2.05, 4.69) is 27.0 Å². The van der Waals surface area contributed by atoms with Gasteiger partial charge < -0.3 is 30.2 Å². The van der Waals surface area contributed by atoms with Gasteiger partial charge in [-0.15, -0.1) is 0 Å². The number of nitrogen functional groups attached to an aromatic ring is 1. The first kappa shape index (κ1) is 33.4. The third kappa shape index (κ3) is 7.21. The lowest BCUT2D eigenvalue weighted by molar-refractivity contribution is -0.138. The quantitative estimate of drug-likeness (QED) is 0.251. The van der Waals surface area contributed by atoms with Crippen molar-refractivity contribution in [2.75, 3.05) is 65.6 Å². The van der Waals surface area contributed by atoms with Crippen LogP contribution in [-0.4, -0.2) is 75.2 Å². The van der Waals surface area contributed by atoms with Gasteiger partial charge in [0.15, 0.2) is 11.5 Å². The van der Waals surface area contributed by atoms with Crippen molar-refractivity contribution < 1.29 is 32.2 Å². The smallest absolute Gasteiger partial charge is 0.416 e. The lowest BCUT2D eigenvalue weighted by Gasteiger charge is -2.33. The molecule has 0 bridgehead atoms. The van der Waals surface area contributed by atoms with E-state index in [9.17, 15) is 18.0 Å². The molecular weight excluding hydrogens is 611 g/mol. The molecule has 5 rings (SSSR count). The topological polar surface area (TPSA) is 102 Å². The van der Waals surface area contributed by atoms with Crippen LogP contribution in [0.3, 0.4) is 0 Å². The number of ether oxygens (including phenoxy) is 3. The number of amides is 1. The number of hydrogen-bond donors (Lipinski definition) is 2. The number of carbonyl (C=O) groups is 1. The first-order chi connectivity index (χ1) is 22.4. The fourth-order valence-electron chi connectivity index (χ4n) is 5.52. The first-order valence-corrected chi connectivity index (χ1v) is 14.9. The van der Waals surface area contributed by atoms with Crippen LogP contribution in [0.4, 0.5) is 24.7 Å². The number of alkyl halides is 3. The Morgan fingerprint density at radius 2 is 1.68 bits per heavy atom. The number of nitrogens with one attached hydrogen (secondary N) is 1. The van der Waals surface area contributed by atoms with Gasteiger partial charge in [-0.3, -0.25) is 9.69 Å². The van der Waals surface area contributed by atoms with Crippen molar-refractivity contribution in [3.63, 3.8) is 0 Å². The second-order valence-corrected chi connectivity index (χ2v) is 11.3. The highest BCUT2D eigenvalue weighted by Gasteiger charge is 2.34. The van der Waals surface area contributed by atoms with Gasteiger partial charge in [0.2, 0.25) is 5.75 Å². The zero-order valence-corrected chi connectivity index (χ0v) is 26.8. The van der Waals surface area contributed by atoms with Crippen LogP contribution in [0.25, 0.3) is 10.8 Å². The van der Waals surface area contributed by atoms with E-state index in [1.165, 1.54) is 33.5 Å². The summed E-state index contributed by atoms with van der Waals surface area (Å²) in [5.74, 6) is 7.01. The van der Waals surface area contributed by atoms with E-state index in [4.69, 9.17) is 19.9 Å². The second kappa shape index (κ2) is 13.8. The Morgan fingerprint density at radius 3 is 2.34 bits per heavy atom. The van der Waals surface area contributed by atoms with E-state index in [1.807, 2.05) is 18.9 Å². The number of nitrogens with zero attached hydrogens (tertiary/aromatic N) is 3. The van der Waals surface area contributed by atoms with Gasteiger partial charge >= 0.3 is 6.18 Å². The minimum atomic E-state index is -4.58. The summed E-state index contributed by atoms with van der Waals surface area (Å²) in [5.41, 5.74) is 7.66. The maximum atomic E-state index is 14.1. The molecule has 1 saturated heterocycles. The number of methoxy groups -OCH3 is 3. The van der Waals surface area contributed by atoms with E-state index < -0.39 is 17.6 Å². The second-order valence-electron chi connectivity index (χ2n) is 11.3. The molecule has 0 saturated carbocycles. The highest BCUT2D eigenvalue weighted by molar-refractivity contribution is 6.04. The SMILES string of the molecule is COc1cc2c(C#Cc3cc(C(=O)Nc4ccc(CN5CCN(C)CC5)c(C(F)(F)F)c4)ccc3C)c(N)ncc2c(OC)c1OC. The normalized spacial score (nSPS) is 14.0. The highest BCUT2D eigenvalue weighted by atomic mass is 19.4. The summed E-state index contributed by atoms with van der Waals surface area (Å²) < 4.78 is 58.8. The molecule has 0 atom stereocenters. The standard InChI is InChI=1S/C35H36F3N5O4/c1-21-6-7-23(34(44)41-25-10-8-24(29(17-25)35(36,37)38)20-43-14-12-42(2)13-15-43)16-22(21)9-11-26-27-18-30(45-3)32(47-5)31(46-4)28(27)19-40-33(26)39/h6-8,10,16-19H,12-15,20H2,1-5H3,(H2,39,40)(H,41,44). The molecule has 0 radical (unpaired) electrons. The van der Waals surface area contributed by atoms with Crippen LogP contribution in [0, 0.1) is 18.8 Å². The van der Waals surface area contributed by atoms with E-state index in [0.717, 1.165) is 24.7 Å². The van der Waals surface area contributed by atoms with Gasteiger partial charge in [-0.2, -0.15) is 13.2 Å². The molecule has 1 amide bonds. The van der Waals surface area contributed by atoms with Crippen molar-refractivity contribution in [2.45, 2.75) is 19.6 Å². The Labute approximate surface area is 271 Å². The number of benzene rings is 3. The number of halogens is 3. The van der Waals surface area contributed by atoms with Crippen LogP contribution in [0.2, 0.25) is 0 Å². The van der Waals surface area contributed by atoms with E-state index in [0.29, 0.717) is 52.2 Å². The van der Waals surface area contributed by atoms with Crippen LogP contribution < -0.4 is 25.3 Å². The zero-order valence-electron chi connectivity index (χ0n) is 26.8. The Morgan fingerprint density at radius 1 is 0.957 bits per heavy atom. The largest absolute Gasteiger partial charge is 0.493 e. The lowest BCUT2D eigenvalue weighted by Crippen LogP contribution is -2.44. The molecule has 2 heterocycles. The fourth-order valence-corrected chi connectivity index (χ4v) is 5.52. The van der Waals surface area contributed by atoms with Gasteiger partial charge in [-0.1, -0.05) is 24.0 Å². The number of carbonyl (C=O) groups excluding carboxylic acids is 1. The summed E-state index contributed by atoms with van der Waals surface area (Å²) in [4.78, 5) is 21.7. The zero-order chi connectivity index (χ0) is 33.9. The molecule has 1 aliphatic heterocycles. The molecular formula is C35H36F3N5O4. The van der Waals surface area contributed by atoms with Crippen molar-refractivity contribution in [3.8, 4) is 29.1 Å². The van der Waals surface area contributed by atoms with E-state index >= 15 is 0 Å². The predicted molar refractivity (Wildman–Crippen MR) is 175 cm³/mol. The van der Waals surface area contributed by atoms with Crippen molar-refractivity contribution >= 4 is 28.2 Å². The Kier molecular flexibility index (Phi) is 9.79. The molecule has 1 aliphatic rings. The van der Waals surface area contributed by atoms with Gasteiger partial charge in [0.05, 0.1) is 32.5 Å². The molecule has 1 aromatic heterocycles. The minimum Gasteiger partial charge on any atom is -0.493 e. The summed E-state index contributed by atoms with van der Waals surface area (Å²) in [6, 6.07) is 10.6. The molecule has 246 valence electrons. The van der Waals surface area contributed by atoms with Crippen LogP contribution in [0.1, 0.15) is 38.2 Å². The van der Waals surface area contributed by atoms with Crippen LogP contribution >= 0.6 is 0 Å². The molecule has 0 unspecified atom stereocenters. The average Bonchev–Trinajstić information content (AvgIpc) is 3.05. The van der Waals surface area contributed by atoms with Crippen molar-refractivity contribution in [2.24, 2.45) is 0 Å². The van der Waals surface area contributed by atoms with E-state index in [1.54, 1.807) is 30.5 Å². The lowest BCUT2D eigenvalue weighted by atomic mass is 10.0. The maximum absolute atomic E-state index is 14.1. The molecule has 9 nitrogen and oxygen atoms in total. The van der Waals surface area contributed by atoms with Gasteiger partial charge in [-0.05, 0) is 55.4 Å².